The zero-order valence-corrected chi connectivity index (χ0v) is 11.5. The molecule has 0 fully saturated rings. The maximum atomic E-state index is 12.1. The van der Waals surface area contributed by atoms with E-state index in [1.165, 1.54) is 5.56 Å². The molecule has 0 amide bonds. The summed E-state index contributed by atoms with van der Waals surface area (Å²) >= 11 is 0. The first-order chi connectivity index (χ1) is 10.8. The van der Waals surface area contributed by atoms with Crippen molar-refractivity contribution >= 4 is 5.65 Å². The Morgan fingerprint density at radius 1 is 1.18 bits per heavy atom. The van der Waals surface area contributed by atoms with Crippen LogP contribution in [0.15, 0.2) is 54.1 Å². The minimum absolute atomic E-state index is 0.157. The molecule has 106 valence electrons. The molecule has 0 saturated heterocycles. The van der Waals surface area contributed by atoms with E-state index in [2.05, 4.69) is 27.1 Å². The molecule has 6 nitrogen and oxygen atoms in total. The van der Waals surface area contributed by atoms with Gasteiger partial charge in [0.15, 0.2) is 0 Å². The van der Waals surface area contributed by atoms with Crippen LogP contribution in [0.25, 0.3) is 22.6 Å². The zero-order valence-electron chi connectivity index (χ0n) is 11.5. The Morgan fingerprint density at radius 3 is 3.00 bits per heavy atom. The summed E-state index contributed by atoms with van der Waals surface area (Å²) in [5, 5.41) is 0. The van der Waals surface area contributed by atoms with Gasteiger partial charge in [-0.25, -0.2) is 9.97 Å². The number of hydrogen-bond acceptors (Lipinski definition) is 3. The van der Waals surface area contributed by atoms with E-state index < -0.39 is 0 Å². The summed E-state index contributed by atoms with van der Waals surface area (Å²) < 4.78 is 3.85. The molecule has 0 radical (unpaired) electrons. The molecule has 0 saturated carbocycles. The van der Waals surface area contributed by atoms with Crippen LogP contribution in [0.4, 0.5) is 0 Å². The molecule has 6 heteroatoms. The van der Waals surface area contributed by atoms with Gasteiger partial charge in [-0.1, -0.05) is 6.07 Å². The molecule has 4 aromatic rings. The molecule has 1 aliphatic carbocycles. The number of H-pyrrole nitrogens is 1. The Morgan fingerprint density at radius 2 is 2.14 bits per heavy atom. The minimum Gasteiger partial charge on any atom is -0.317 e. The quantitative estimate of drug-likeness (QED) is 0.511. The largest absolute Gasteiger partial charge is 0.317 e. The number of nitrogens with zero attached hydrogens (tertiary/aromatic N) is 4. The van der Waals surface area contributed by atoms with E-state index >= 15 is 0 Å². The molecule has 1 aliphatic rings. The third kappa shape index (κ3) is 1.41. The van der Waals surface area contributed by atoms with Crippen molar-refractivity contribution in [1.82, 2.24) is 23.9 Å². The van der Waals surface area contributed by atoms with E-state index in [1.54, 1.807) is 18.7 Å². The number of aromatic amines is 1. The van der Waals surface area contributed by atoms with Gasteiger partial charge in [-0.05, 0) is 17.7 Å². The average Bonchev–Trinajstić information content (AvgIpc) is 3.26. The number of aromatic nitrogens is 5. The molecule has 5 rings (SSSR count). The lowest BCUT2D eigenvalue weighted by Crippen LogP contribution is -2.13. The highest BCUT2D eigenvalue weighted by molar-refractivity contribution is 5.74. The van der Waals surface area contributed by atoms with Crippen LogP contribution in [0.1, 0.15) is 11.3 Å². The zero-order chi connectivity index (χ0) is 14.7. The third-order valence-electron chi connectivity index (χ3n) is 4.18. The summed E-state index contributed by atoms with van der Waals surface area (Å²) in [4.78, 5) is 23.3. The number of fused-ring (bicyclic) bond motifs is 5. The highest BCUT2D eigenvalue weighted by Gasteiger charge is 2.23. The molecule has 0 unspecified atom stereocenters. The molecular formula is C16H11N5O. The van der Waals surface area contributed by atoms with Gasteiger partial charge in [0.25, 0.3) is 5.56 Å². The van der Waals surface area contributed by atoms with Crippen molar-refractivity contribution in [1.29, 1.82) is 0 Å². The van der Waals surface area contributed by atoms with E-state index in [0.717, 1.165) is 29.1 Å². The van der Waals surface area contributed by atoms with Gasteiger partial charge in [-0.15, -0.1) is 0 Å². The normalized spacial score (nSPS) is 12.5. The molecular weight excluding hydrogens is 278 g/mol. The van der Waals surface area contributed by atoms with Gasteiger partial charge >= 0.3 is 0 Å². The van der Waals surface area contributed by atoms with Crippen LogP contribution in [0.2, 0.25) is 0 Å². The van der Waals surface area contributed by atoms with Crippen LogP contribution >= 0.6 is 0 Å². The first-order valence-electron chi connectivity index (χ1n) is 7.01. The second kappa shape index (κ2) is 3.94. The van der Waals surface area contributed by atoms with Gasteiger partial charge in [0, 0.05) is 42.5 Å². The van der Waals surface area contributed by atoms with E-state index in [9.17, 15) is 4.79 Å². The number of rotatable bonds is 1. The van der Waals surface area contributed by atoms with Crippen molar-refractivity contribution in [3.05, 3.63) is 70.9 Å². The van der Waals surface area contributed by atoms with E-state index in [-0.39, 0.29) is 5.56 Å². The highest BCUT2D eigenvalue weighted by atomic mass is 16.1. The summed E-state index contributed by atoms with van der Waals surface area (Å²) in [5.41, 5.74) is 5.59. The van der Waals surface area contributed by atoms with Gasteiger partial charge in [-0.2, -0.15) is 0 Å². The van der Waals surface area contributed by atoms with Crippen molar-refractivity contribution in [2.24, 2.45) is 0 Å². The fraction of sp³-hybridized carbons (Fsp3) is 0.0625. The van der Waals surface area contributed by atoms with Crippen molar-refractivity contribution < 1.29 is 0 Å². The monoisotopic (exact) mass is 289 g/mol. The SMILES string of the molecule is O=c1[nH]c2c(n3ccnc13)Cc1cc(-n3ccnc3)ccc1-2. The van der Waals surface area contributed by atoms with Gasteiger partial charge in [0.1, 0.15) is 0 Å². The first-order valence-corrected chi connectivity index (χ1v) is 7.01. The van der Waals surface area contributed by atoms with Crippen molar-refractivity contribution in [2.45, 2.75) is 6.42 Å². The van der Waals surface area contributed by atoms with Crippen LogP contribution in [0.3, 0.4) is 0 Å². The molecule has 1 N–H and O–H groups in total. The van der Waals surface area contributed by atoms with Crippen molar-refractivity contribution in [3.63, 3.8) is 0 Å². The summed E-state index contributed by atoms with van der Waals surface area (Å²) in [6.45, 7) is 0. The Balaban J connectivity index is 1.75. The number of hydrogen-bond donors (Lipinski definition) is 1. The number of benzene rings is 1. The lowest BCUT2D eigenvalue weighted by molar-refractivity contribution is 0.998. The van der Waals surface area contributed by atoms with Crippen LogP contribution in [-0.4, -0.2) is 23.9 Å². The Bertz CT molecular complexity index is 1070. The predicted molar refractivity (Wildman–Crippen MR) is 81.2 cm³/mol. The fourth-order valence-corrected chi connectivity index (χ4v) is 3.17. The molecule has 0 aliphatic heterocycles. The smallest absolute Gasteiger partial charge is 0.292 e. The lowest BCUT2D eigenvalue weighted by Gasteiger charge is -2.05. The predicted octanol–water partition coefficient (Wildman–Crippen LogP) is 1.78. The maximum absolute atomic E-state index is 12.1. The minimum atomic E-state index is -0.157. The van der Waals surface area contributed by atoms with Crippen molar-refractivity contribution in [2.75, 3.05) is 0 Å². The van der Waals surface area contributed by atoms with Gasteiger partial charge in [0.05, 0.1) is 17.7 Å². The summed E-state index contributed by atoms with van der Waals surface area (Å²) in [6.07, 6.45) is 9.72. The molecule has 0 atom stereocenters. The Labute approximate surface area is 124 Å². The highest BCUT2D eigenvalue weighted by Crippen LogP contribution is 2.35. The molecule has 0 spiro atoms. The molecule has 3 heterocycles. The standard InChI is InChI=1S/C16H11N5O/c22-16-15-18-4-6-21(15)13-8-10-7-11(20-5-3-17-9-20)1-2-12(10)14(13)19-16/h1-7,9H,8H2,(H,19,22). The third-order valence-corrected chi connectivity index (χ3v) is 4.18. The average molecular weight is 289 g/mol. The van der Waals surface area contributed by atoms with Crippen molar-refractivity contribution in [3.8, 4) is 16.9 Å². The van der Waals surface area contributed by atoms with Gasteiger partial charge in [0.2, 0.25) is 5.65 Å². The van der Waals surface area contributed by atoms with E-state index in [4.69, 9.17) is 0 Å². The van der Waals surface area contributed by atoms with Crippen LogP contribution in [-0.2, 0) is 6.42 Å². The second-order valence-electron chi connectivity index (χ2n) is 5.38. The van der Waals surface area contributed by atoms with E-state index in [1.807, 2.05) is 27.4 Å². The first kappa shape index (κ1) is 11.5. The molecule has 22 heavy (non-hydrogen) atoms. The summed E-state index contributed by atoms with van der Waals surface area (Å²) in [5.74, 6) is 0. The van der Waals surface area contributed by atoms with Gasteiger partial charge in [-0.3, -0.25) is 9.20 Å². The molecule has 0 bridgehead atoms. The van der Waals surface area contributed by atoms with E-state index in [0.29, 0.717) is 5.65 Å². The lowest BCUT2D eigenvalue weighted by atomic mass is 10.1. The van der Waals surface area contributed by atoms with Crippen LogP contribution in [0, 0.1) is 0 Å². The van der Waals surface area contributed by atoms with Gasteiger partial charge < -0.3 is 9.55 Å². The number of imidazole rings is 2. The second-order valence-corrected chi connectivity index (χ2v) is 5.38. The summed E-state index contributed by atoms with van der Waals surface area (Å²) in [6, 6.07) is 6.22. The fourth-order valence-electron chi connectivity index (χ4n) is 3.17. The maximum Gasteiger partial charge on any atom is 0.292 e. The molecule has 1 aromatic carbocycles. The topological polar surface area (TPSA) is 68.0 Å². The van der Waals surface area contributed by atoms with Crippen LogP contribution in [0.5, 0.6) is 0 Å². The van der Waals surface area contributed by atoms with Crippen LogP contribution < -0.4 is 5.56 Å². The Hall–Kier alpha value is -3.15. The number of nitrogens with one attached hydrogen (secondary N) is 1. The molecule has 3 aromatic heterocycles. The summed E-state index contributed by atoms with van der Waals surface area (Å²) in [7, 11) is 0. The Kier molecular flexibility index (Phi) is 2.06.